The first kappa shape index (κ1) is 92.0. The van der Waals surface area contributed by atoms with E-state index in [9.17, 15) is 81.8 Å². The zero-order chi connectivity index (χ0) is 91.0. The molecule has 126 heavy (non-hydrogen) atoms. The lowest BCUT2D eigenvalue weighted by atomic mass is 9.95. The zero-order valence-corrected chi connectivity index (χ0v) is 69.2. The summed E-state index contributed by atoms with van der Waals surface area (Å²) in [6.07, 6.45) is 3.52. The maximum Gasteiger partial charge on any atom is 0.339 e. The number of rotatable bonds is 24. The molecule has 23 nitrogen and oxygen atoms in total. The van der Waals surface area contributed by atoms with Crippen LogP contribution in [-0.2, 0) is 35.3 Å². The molecule has 1 unspecified atom stereocenters. The monoisotopic (exact) mass is 1680 g/mol. The van der Waals surface area contributed by atoms with Crippen LogP contribution >= 0.6 is 0 Å². The molecule has 0 aliphatic carbocycles. The third kappa shape index (κ3) is 23.6. The first-order valence-electron chi connectivity index (χ1n) is 39.5. The number of carboxylic acids is 4. The number of aliphatic carboxylic acids is 1. The summed E-state index contributed by atoms with van der Waals surface area (Å²) >= 11 is 0. The summed E-state index contributed by atoms with van der Waals surface area (Å²) in [4.78, 5) is 191. The van der Waals surface area contributed by atoms with Gasteiger partial charge >= 0.3 is 29.8 Å². The molecule has 0 aromatic heterocycles. The van der Waals surface area contributed by atoms with Gasteiger partial charge < -0.3 is 25.2 Å². The number of ether oxygens (including phenoxy) is 1. The Kier molecular flexibility index (Phi) is 31.2. The maximum atomic E-state index is 12.5. The van der Waals surface area contributed by atoms with Crippen molar-refractivity contribution in [2.24, 2.45) is 0 Å². The predicted octanol–water partition coefficient (Wildman–Crippen LogP) is 18.6. The van der Waals surface area contributed by atoms with Crippen LogP contribution in [0.3, 0.4) is 0 Å². The molecule has 3 heterocycles. The Labute approximate surface area is 724 Å². The van der Waals surface area contributed by atoms with Crippen molar-refractivity contribution in [1.82, 2.24) is 4.90 Å². The van der Waals surface area contributed by atoms with Crippen LogP contribution in [0.1, 0.15) is 245 Å². The van der Waals surface area contributed by atoms with Crippen LogP contribution in [0.15, 0.2) is 291 Å². The van der Waals surface area contributed by atoms with E-state index in [1.54, 1.807) is 158 Å². The Morgan fingerprint density at radius 1 is 0.365 bits per heavy atom. The van der Waals surface area contributed by atoms with Crippen LogP contribution in [-0.4, -0.2) is 119 Å². The zero-order valence-electron chi connectivity index (χ0n) is 69.2. The van der Waals surface area contributed by atoms with E-state index in [4.69, 9.17) is 20.1 Å². The number of carboxylic acid groups (broad SMARTS) is 4. The third-order valence-corrected chi connectivity index (χ3v) is 20.3. The molecule has 1 atom stereocenters. The molecule has 3 aliphatic heterocycles. The molecule has 0 saturated carbocycles. The normalized spacial score (nSPS) is 12.4. The highest BCUT2D eigenvalue weighted by molar-refractivity contribution is 6.34. The Morgan fingerprint density at radius 3 is 1.35 bits per heavy atom. The summed E-state index contributed by atoms with van der Waals surface area (Å²) in [6.45, 7) is 10.2. The number of hydrogen-bond acceptors (Lipinski definition) is 17. The lowest BCUT2D eigenvalue weighted by Crippen LogP contribution is -2.29. The number of aromatic carboxylic acids is 3. The number of anilines is 1. The van der Waals surface area contributed by atoms with E-state index in [0.717, 1.165) is 48.7 Å². The van der Waals surface area contributed by atoms with Gasteiger partial charge in [-0.2, -0.15) is 0 Å². The van der Waals surface area contributed by atoms with E-state index in [1.165, 1.54) is 75.4 Å². The number of cyclic esters (lactones) is 1. The molecule has 15 rings (SSSR count). The fourth-order valence-corrected chi connectivity index (χ4v) is 13.7. The van der Waals surface area contributed by atoms with Gasteiger partial charge in [0.2, 0.25) is 0 Å². The van der Waals surface area contributed by atoms with Crippen LogP contribution in [0.5, 0.6) is 0 Å². The number of ketones is 7. The number of hydrogen-bond donors (Lipinski definition) is 4. The highest BCUT2D eigenvalue weighted by Gasteiger charge is 2.38. The van der Waals surface area contributed by atoms with Gasteiger partial charge in [0, 0.05) is 57.3 Å². The number of allylic oxidation sites excluding steroid dienone is 1. The highest BCUT2D eigenvalue weighted by Crippen LogP contribution is 2.35. The number of esters is 1. The molecule has 0 saturated heterocycles. The van der Waals surface area contributed by atoms with Crippen LogP contribution in [0.25, 0.3) is 6.08 Å². The molecule has 0 fully saturated rings. The van der Waals surface area contributed by atoms with E-state index in [2.05, 4.69) is 0 Å². The van der Waals surface area contributed by atoms with Crippen molar-refractivity contribution in [3.63, 3.8) is 0 Å². The summed E-state index contributed by atoms with van der Waals surface area (Å²) in [5.41, 5.74) is 13.1. The van der Waals surface area contributed by atoms with E-state index in [0.29, 0.717) is 67.7 Å². The fraction of sp³-hybridized carbons (Fsp3) is 0.126. The lowest BCUT2D eigenvalue weighted by Gasteiger charge is -2.15. The van der Waals surface area contributed by atoms with E-state index >= 15 is 0 Å². The smallest absolute Gasteiger partial charge is 0.339 e. The van der Waals surface area contributed by atoms with Gasteiger partial charge in [-0.25, -0.2) is 24.1 Å². The molecular formula is C103H84N2O21. The Morgan fingerprint density at radius 2 is 0.802 bits per heavy atom. The summed E-state index contributed by atoms with van der Waals surface area (Å²) < 4.78 is 5.29. The molecular weight excluding hydrogens is 1600 g/mol. The predicted molar refractivity (Wildman–Crippen MR) is 470 cm³/mol. The number of fused-ring (bicyclic) bond motifs is 3. The molecule has 0 radical (unpaired) electrons. The quantitative estimate of drug-likeness (QED) is 0.0189. The number of carbonyl (C=O) groups is 16. The molecule has 0 bridgehead atoms. The topological polar surface area (TPSA) is 370 Å². The molecule has 4 N–H and O–H groups in total. The van der Waals surface area contributed by atoms with Crippen LogP contribution in [0.4, 0.5) is 5.69 Å². The fourth-order valence-electron chi connectivity index (χ4n) is 13.7. The second kappa shape index (κ2) is 42.8. The average molecular weight is 1690 g/mol. The molecule has 0 spiro atoms. The van der Waals surface area contributed by atoms with Crippen LogP contribution < -0.4 is 4.90 Å². The summed E-state index contributed by atoms with van der Waals surface area (Å²) in [6, 6.07) is 80.3. The standard InChI is InChI=1S/C18H13NO5.C18H16O4.C17H14O3.C17H16O3.C17H14O3.C16H11NO3/c1-10(20)11-6-7-14-15(8-11)17(22)19(16(14)21)9-12-4-2-3-5-13(12)18(23)24;1-12(19)14-7-3-2-6-13(14)10-11-17(20)15-8-4-5-9-16(15)18(21)22;1-11-6-8-12(9-7-11)15(18)10-16-13-4-2-3-5-14(13)17(19)20-16;1-12-6-8-13(9-7-12)10-16(18)15-5-3-2-4-14(15)11-17(19)20;1-12-6-8-13(9-7-12)10-11-16(18)14-4-2-3-5-15(14)17(19)20;1-10(18)11-6-8-12(9-7-11)17-15(19)13-4-2-3-5-14(13)16(17)20/h2-8H,9H2,1H3,(H,23,24);2-9H,10-11H2,1H3,(H,21,22);2-9,16H,10H2,1H3;2-9H,10-11H2,1H3,(H,19,20);2-11H,1H3,(H,19,20);2-9H,1H3/b;;;;11-10+;. The highest BCUT2D eigenvalue weighted by atomic mass is 16.5. The van der Waals surface area contributed by atoms with Gasteiger partial charge in [0.05, 0.1) is 69.6 Å². The van der Waals surface area contributed by atoms with E-state index in [-0.39, 0.29) is 129 Å². The second-order valence-electron chi connectivity index (χ2n) is 29.3. The number of nitrogens with zero attached hydrogens (tertiary/aromatic N) is 2. The number of aryl methyl sites for hydroxylation is 4. The van der Waals surface area contributed by atoms with Gasteiger partial charge in [-0.1, -0.05) is 235 Å². The van der Waals surface area contributed by atoms with Crippen molar-refractivity contribution in [2.75, 3.05) is 4.90 Å². The van der Waals surface area contributed by atoms with Crippen LogP contribution in [0.2, 0.25) is 0 Å². The summed E-state index contributed by atoms with van der Waals surface area (Å²) in [5, 5.41) is 36.3. The minimum absolute atomic E-state index is 0.00681. The molecule has 4 amide bonds. The third-order valence-electron chi connectivity index (χ3n) is 20.3. The molecule has 12 aromatic carbocycles. The van der Waals surface area contributed by atoms with Crippen molar-refractivity contribution in [3.8, 4) is 0 Å². The SMILES string of the molecule is CC(=O)c1ccc(N2C(=O)c3ccccc3C2=O)cc1.CC(=O)c1ccc2c(c1)C(=O)N(Cc1ccccc1C(=O)O)C2=O.CC(=O)c1ccccc1CCC(=O)c1ccccc1C(=O)O.Cc1ccc(/C=C/C(=O)c2ccccc2C(=O)O)cc1.Cc1ccc(C(=O)CC2OC(=O)c3ccccc32)cc1.Cc1ccc(CC(=O)c2ccccc2CC(=O)O)cc1. The van der Waals surface area contributed by atoms with E-state index < -0.39 is 41.8 Å². The number of amides is 4. The average Bonchev–Trinajstić information content (AvgIpc) is 1.62. The number of imide groups is 2. The minimum atomic E-state index is -1.12. The van der Waals surface area contributed by atoms with Gasteiger partial charge in [0.1, 0.15) is 6.10 Å². The first-order valence-corrected chi connectivity index (χ1v) is 39.5. The second-order valence-corrected chi connectivity index (χ2v) is 29.3. The van der Waals surface area contributed by atoms with Crippen molar-refractivity contribution in [2.45, 2.75) is 86.3 Å². The number of carbonyl (C=O) groups excluding carboxylic acids is 12. The van der Waals surface area contributed by atoms with Crippen molar-refractivity contribution < 1.29 is 102 Å². The Balaban J connectivity index is 0.000000158. The van der Waals surface area contributed by atoms with E-state index in [1.807, 2.05) is 106 Å². The number of Topliss-reactive ketones (excluding diaryl/α,β-unsaturated/α-hetero) is 6. The van der Waals surface area contributed by atoms with Crippen molar-refractivity contribution >= 4 is 106 Å². The molecule has 23 heteroatoms. The minimum Gasteiger partial charge on any atom is -0.481 e. The number of benzene rings is 12. The van der Waals surface area contributed by atoms with Gasteiger partial charge in [-0.05, 0) is 155 Å². The summed E-state index contributed by atoms with van der Waals surface area (Å²) in [7, 11) is 0. The van der Waals surface area contributed by atoms with Gasteiger partial charge in [0.15, 0.2) is 40.5 Å². The molecule has 3 aliphatic rings. The Hall–Kier alpha value is -16.3. The van der Waals surface area contributed by atoms with Crippen LogP contribution in [0, 0.1) is 20.8 Å². The molecule has 632 valence electrons. The van der Waals surface area contributed by atoms with Gasteiger partial charge in [-0.3, -0.25) is 62.4 Å². The maximum absolute atomic E-state index is 12.5. The summed E-state index contributed by atoms with van der Waals surface area (Å²) in [5.74, 6) is -7.23. The van der Waals surface area contributed by atoms with Crippen molar-refractivity contribution in [1.29, 1.82) is 0 Å². The molecule has 12 aromatic rings. The largest absolute Gasteiger partial charge is 0.481 e. The Bertz CT molecular complexity index is 6260. The first-order chi connectivity index (χ1) is 60.3. The van der Waals surface area contributed by atoms with Gasteiger partial charge in [-0.15, -0.1) is 0 Å². The lowest BCUT2D eigenvalue weighted by molar-refractivity contribution is -0.136. The van der Waals surface area contributed by atoms with Crippen molar-refractivity contribution in [3.05, 3.63) is 425 Å². The van der Waals surface area contributed by atoms with Gasteiger partial charge in [0.25, 0.3) is 23.6 Å².